The molecule has 0 saturated heterocycles. The van der Waals surface area contributed by atoms with Crippen LogP contribution in [-0.2, 0) is 4.79 Å². The standard InChI is InChI=1S/C8H6O4.C8H16O2/c9-7(10)5-3-1-2-4-6(5)8(11)12;1-2-3-4-5-6-7-8(9)10/h1-4H,(H,9,10)(H,11,12);2-7H2,1H3,(H,9,10). The summed E-state index contributed by atoms with van der Waals surface area (Å²) in [5.74, 6) is -3.13. The summed E-state index contributed by atoms with van der Waals surface area (Å²) in [5, 5.41) is 25.4. The molecule has 0 spiro atoms. The third-order valence-corrected chi connectivity index (χ3v) is 2.88. The minimum absolute atomic E-state index is 0.190. The number of carboxylic acids is 3. The quantitative estimate of drug-likeness (QED) is 0.633. The Morgan fingerprint density at radius 3 is 1.64 bits per heavy atom. The first-order valence-corrected chi connectivity index (χ1v) is 7.17. The maximum absolute atomic E-state index is 10.5. The Morgan fingerprint density at radius 1 is 0.818 bits per heavy atom. The first-order valence-electron chi connectivity index (χ1n) is 7.17. The van der Waals surface area contributed by atoms with Crippen LogP contribution in [0.4, 0.5) is 0 Å². The fourth-order valence-corrected chi connectivity index (χ4v) is 1.74. The van der Waals surface area contributed by atoms with Gasteiger partial charge >= 0.3 is 17.9 Å². The van der Waals surface area contributed by atoms with Gasteiger partial charge in [-0.3, -0.25) is 4.79 Å². The molecule has 0 aromatic heterocycles. The van der Waals surface area contributed by atoms with Crippen molar-refractivity contribution in [2.45, 2.75) is 45.4 Å². The summed E-state index contributed by atoms with van der Waals surface area (Å²) in [5.41, 5.74) is -0.380. The van der Waals surface area contributed by atoms with Crippen LogP contribution in [0.5, 0.6) is 0 Å². The van der Waals surface area contributed by atoms with Gasteiger partial charge in [0.2, 0.25) is 0 Å². The zero-order valence-electron chi connectivity index (χ0n) is 12.6. The molecular formula is C16H22O6. The van der Waals surface area contributed by atoms with Gasteiger partial charge in [-0.15, -0.1) is 0 Å². The molecule has 1 aromatic rings. The van der Waals surface area contributed by atoms with E-state index in [1.807, 2.05) is 0 Å². The van der Waals surface area contributed by atoms with Crippen LogP contribution < -0.4 is 0 Å². The third-order valence-electron chi connectivity index (χ3n) is 2.88. The van der Waals surface area contributed by atoms with Crippen LogP contribution >= 0.6 is 0 Å². The third kappa shape index (κ3) is 8.73. The normalized spacial score (nSPS) is 9.50. The van der Waals surface area contributed by atoms with E-state index in [1.165, 1.54) is 43.5 Å². The van der Waals surface area contributed by atoms with E-state index in [1.54, 1.807) is 0 Å². The van der Waals surface area contributed by atoms with Crippen LogP contribution in [0.1, 0.15) is 66.2 Å². The summed E-state index contributed by atoms with van der Waals surface area (Å²) in [6.07, 6.45) is 5.88. The second-order valence-corrected chi connectivity index (χ2v) is 4.71. The van der Waals surface area contributed by atoms with Gasteiger partial charge in [0.1, 0.15) is 0 Å². The smallest absolute Gasteiger partial charge is 0.336 e. The van der Waals surface area contributed by atoms with Crippen LogP contribution in [0.3, 0.4) is 0 Å². The van der Waals surface area contributed by atoms with Crippen LogP contribution in [0.25, 0.3) is 0 Å². The fourth-order valence-electron chi connectivity index (χ4n) is 1.74. The first kappa shape index (κ1) is 19.6. The Hall–Kier alpha value is -2.37. The summed E-state index contributed by atoms with van der Waals surface area (Å²) < 4.78 is 0. The molecule has 0 aliphatic carbocycles. The van der Waals surface area contributed by atoms with Gasteiger partial charge in [0.25, 0.3) is 0 Å². The van der Waals surface area contributed by atoms with Crippen LogP contribution in [0.15, 0.2) is 24.3 Å². The van der Waals surface area contributed by atoms with Crippen molar-refractivity contribution in [2.75, 3.05) is 0 Å². The minimum atomic E-state index is -1.23. The van der Waals surface area contributed by atoms with Crippen molar-refractivity contribution in [2.24, 2.45) is 0 Å². The number of hydrogen-bond acceptors (Lipinski definition) is 3. The lowest BCUT2D eigenvalue weighted by Crippen LogP contribution is -2.06. The van der Waals surface area contributed by atoms with Crippen molar-refractivity contribution >= 4 is 17.9 Å². The molecule has 0 fully saturated rings. The number of carboxylic acid groups (broad SMARTS) is 3. The van der Waals surface area contributed by atoms with E-state index in [-0.39, 0.29) is 11.1 Å². The van der Waals surface area contributed by atoms with Gasteiger partial charge < -0.3 is 15.3 Å². The minimum Gasteiger partial charge on any atom is -0.481 e. The largest absolute Gasteiger partial charge is 0.481 e. The Morgan fingerprint density at radius 2 is 1.27 bits per heavy atom. The topological polar surface area (TPSA) is 112 Å². The average Bonchev–Trinajstić information content (AvgIpc) is 2.47. The zero-order valence-corrected chi connectivity index (χ0v) is 12.6. The molecule has 1 aromatic carbocycles. The van der Waals surface area contributed by atoms with Crippen LogP contribution in [0, 0.1) is 0 Å². The van der Waals surface area contributed by atoms with Gasteiger partial charge in [-0.25, -0.2) is 9.59 Å². The predicted molar refractivity (Wildman–Crippen MR) is 81.4 cm³/mol. The monoisotopic (exact) mass is 310 g/mol. The maximum atomic E-state index is 10.5. The van der Waals surface area contributed by atoms with Gasteiger partial charge in [-0.1, -0.05) is 44.7 Å². The molecule has 122 valence electrons. The fraction of sp³-hybridized carbons (Fsp3) is 0.438. The van der Waals surface area contributed by atoms with Crippen molar-refractivity contribution < 1.29 is 29.7 Å². The highest BCUT2D eigenvalue weighted by atomic mass is 16.4. The molecule has 6 nitrogen and oxygen atoms in total. The Bertz CT molecular complexity index is 462. The Balaban J connectivity index is 0.000000409. The van der Waals surface area contributed by atoms with Gasteiger partial charge in [0.15, 0.2) is 0 Å². The second kappa shape index (κ2) is 11.3. The van der Waals surface area contributed by atoms with Gasteiger partial charge in [0.05, 0.1) is 11.1 Å². The molecule has 0 atom stereocenters. The molecule has 0 bridgehead atoms. The van der Waals surface area contributed by atoms with E-state index in [9.17, 15) is 14.4 Å². The van der Waals surface area contributed by atoms with E-state index in [4.69, 9.17) is 15.3 Å². The maximum Gasteiger partial charge on any atom is 0.336 e. The van der Waals surface area contributed by atoms with E-state index < -0.39 is 17.9 Å². The summed E-state index contributed by atoms with van der Waals surface area (Å²) >= 11 is 0. The first-order chi connectivity index (χ1) is 10.4. The molecule has 0 amide bonds. The van der Waals surface area contributed by atoms with Gasteiger partial charge in [-0.05, 0) is 18.6 Å². The number of unbranched alkanes of at least 4 members (excludes halogenated alkanes) is 4. The van der Waals surface area contributed by atoms with Gasteiger partial charge in [0, 0.05) is 6.42 Å². The summed E-state index contributed by atoms with van der Waals surface area (Å²) in [6.45, 7) is 2.15. The van der Waals surface area contributed by atoms with Crippen LogP contribution in [0.2, 0.25) is 0 Å². The molecule has 0 aliphatic heterocycles. The lowest BCUT2D eigenvalue weighted by molar-refractivity contribution is -0.137. The highest BCUT2D eigenvalue weighted by Crippen LogP contribution is 2.08. The molecule has 3 N–H and O–H groups in total. The number of aliphatic carboxylic acids is 1. The molecule has 0 aliphatic rings. The van der Waals surface area contributed by atoms with Crippen molar-refractivity contribution in [1.29, 1.82) is 0 Å². The Labute approximate surface area is 129 Å². The highest BCUT2D eigenvalue weighted by Gasteiger charge is 2.13. The van der Waals surface area contributed by atoms with Crippen molar-refractivity contribution in [3.05, 3.63) is 35.4 Å². The lowest BCUT2D eigenvalue weighted by atomic mass is 10.1. The van der Waals surface area contributed by atoms with E-state index in [0.717, 1.165) is 12.8 Å². The molecule has 0 radical (unpaired) electrons. The zero-order chi connectivity index (χ0) is 17.0. The van der Waals surface area contributed by atoms with E-state index in [2.05, 4.69) is 6.92 Å². The molecule has 22 heavy (non-hydrogen) atoms. The molecular weight excluding hydrogens is 288 g/mol. The molecule has 1 rings (SSSR count). The molecule has 0 unspecified atom stereocenters. The number of carbonyl (C=O) groups is 3. The number of benzene rings is 1. The lowest BCUT2D eigenvalue weighted by Gasteiger charge is -1.98. The van der Waals surface area contributed by atoms with Crippen LogP contribution in [-0.4, -0.2) is 33.2 Å². The summed E-state index contributed by atoms with van der Waals surface area (Å²) in [4.78, 5) is 31.0. The van der Waals surface area contributed by atoms with Crippen molar-refractivity contribution in [3.8, 4) is 0 Å². The van der Waals surface area contributed by atoms with E-state index >= 15 is 0 Å². The number of rotatable bonds is 8. The van der Waals surface area contributed by atoms with Gasteiger partial charge in [-0.2, -0.15) is 0 Å². The average molecular weight is 310 g/mol. The summed E-state index contributed by atoms with van der Waals surface area (Å²) in [6, 6.07) is 5.48. The highest BCUT2D eigenvalue weighted by molar-refractivity contribution is 6.01. The number of aromatic carboxylic acids is 2. The van der Waals surface area contributed by atoms with Crippen molar-refractivity contribution in [3.63, 3.8) is 0 Å². The van der Waals surface area contributed by atoms with Crippen molar-refractivity contribution in [1.82, 2.24) is 0 Å². The second-order valence-electron chi connectivity index (χ2n) is 4.71. The predicted octanol–water partition coefficient (Wildman–Crippen LogP) is 3.51. The molecule has 0 heterocycles. The SMILES string of the molecule is CCCCCCCC(=O)O.O=C(O)c1ccccc1C(=O)O. The Kier molecular flexibility index (Phi) is 10.1. The van der Waals surface area contributed by atoms with E-state index in [0.29, 0.717) is 6.42 Å². The number of hydrogen-bond donors (Lipinski definition) is 3. The molecule has 6 heteroatoms. The molecule has 0 saturated carbocycles. The summed E-state index contributed by atoms with van der Waals surface area (Å²) in [7, 11) is 0.